The number of nitrogens with zero attached hydrogens (tertiary/aromatic N) is 1. The number of aryl methyl sites for hydroxylation is 1. The first-order chi connectivity index (χ1) is 8.53. The summed E-state index contributed by atoms with van der Waals surface area (Å²) in [6.07, 6.45) is 3.29. The van der Waals surface area contributed by atoms with Gasteiger partial charge in [-0.2, -0.15) is 4.31 Å². The first kappa shape index (κ1) is 13.5. The van der Waals surface area contributed by atoms with Crippen LogP contribution < -0.4 is 5.73 Å². The molecule has 1 aliphatic heterocycles. The van der Waals surface area contributed by atoms with Crippen molar-refractivity contribution in [3.05, 3.63) is 29.8 Å². The van der Waals surface area contributed by atoms with E-state index >= 15 is 0 Å². The Morgan fingerprint density at radius 2 is 1.94 bits per heavy atom. The van der Waals surface area contributed by atoms with Gasteiger partial charge in [0.15, 0.2) is 0 Å². The minimum Gasteiger partial charge on any atom is -0.315 e. The molecule has 0 radical (unpaired) electrons. The van der Waals surface area contributed by atoms with E-state index in [2.05, 4.69) is 0 Å². The molecule has 4 nitrogen and oxygen atoms in total. The molecule has 1 heterocycles. The fourth-order valence-corrected chi connectivity index (χ4v) is 4.19. The maximum absolute atomic E-state index is 12.6. The van der Waals surface area contributed by atoms with Gasteiger partial charge in [-0.25, -0.2) is 8.42 Å². The molecule has 0 saturated carbocycles. The molecule has 0 amide bonds. The van der Waals surface area contributed by atoms with Crippen LogP contribution in [0.15, 0.2) is 29.2 Å². The van der Waals surface area contributed by atoms with E-state index in [0.717, 1.165) is 31.2 Å². The molecular formula is C13H20N2O2S. The van der Waals surface area contributed by atoms with Crippen molar-refractivity contribution in [2.45, 2.75) is 43.7 Å². The Bertz CT molecular complexity index is 513. The summed E-state index contributed by atoms with van der Waals surface area (Å²) in [5.74, 6) is 0. The highest BCUT2D eigenvalue weighted by Crippen LogP contribution is 2.24. The summed E-state index contributed by atoms with van der Waals surface area (Å²) >= 11 is 0. The Morgan fingerprint density at radius 3 is 2.67 bits per heavy atom. The first-order valence-corrected chi connectivity index (χ1v) is 7.80. The molecule has 1 saturated heterocycles. The summed E-state index contributed by atoms with van der Waals surface area (Å²) in [6, 6.07) is 7.07. The molecule has 0 aromatic heterocycles. The Morgan fingerprint density at radius 1 is 1.22 bits per heavy atom. The van der Waals surface area contributed by atoms with Gasteiger partial charge in [0.2, 0.25) is 10.0 Å². The van der Waals surface area contributed by atoms with Crippen LogP contribution in [0, 0.1) is 6.92 Å². The Kier molecular flexibility index (Phi) is 4.04. The molecule has 0 spiro atoms. The van der Waals surface area contributed by atoms with Crippen molar-refractivity contribution < 1.29 is 8.42 Å². The first-order valence-electron chi connectivity index (χ1n) is 6.36. The standard InChI is InChI=1S/C13H20N2O2S/c1-11-7-4-5-8-12(11)18(16,17)15-10-6-2-3-9-13(15)14/h4-5,7-8,13H,2-3,6,9-10,14H2,1H3. The SMILES string of the molecule is Cc1ccccc1S(=O)(=O)N1CCCCCC1N. The molecule has 100 valence electrons. The Labute approximate surface area is 109 Å². The highest BCUT2D eigenvalue weighted by molar-refractivity contribution is 7.89. The van der Waals surface area contributed by atoms with Crippen LogP contribution in [0.25, 0.3) is 0 Å². The van der Waals surface area contributed by atoms with Gasteiger partial charge < -0.3 is 5.73 Å². The molecule has 1 aromatic rings. The minimum atomic E-state index is -3.46. The van der Waals surface area contributed by atoms with Crippen molar-refractivity contribution in [2.24, 2.45) is 5.73 Å². The van der Waals surface area contributed by atoms with E-state index < -0.39 is 16.2 Å². The van der Waals surface area contributed by atoms with Crippen LogP contribution in [0.4, 0.5) is 0 Å². The van der Waals surface area contributed by atoms with Gasteiger partial charge in [0.25, 0.3) is 0 Å². The molecular weight excluding hydrogens is 248 g/mol. The molecule has 2 rings (SSSR count). The lowest BCUT2D eigenvalue weighted by molar-refractivity contribution is 0.329. The van der Waals surface area contributed by atoms with Crippen LogP contribution in [-0.2, 0) is 10.0 Å². The highest BCUT2D eigenvalue weighted by atomic mass is 32.2. The second-order valence-corrected chi connectivity index (χ2v) is 6.66. The van der Waals surface area contributed by atoms with Crippen LogP contribution in [0.2, 0.25) is 0 Å². The number of nitrogens with two attached hydrogens (primary N) is 1. The molecule has 0 bridgehead atoms. The number of sulfonamides is 1. The molecule has 1 unspecified atom stereocenters. The summed E-state index contributed by atoms with van der Waals surface area (Å²) in [5.41, 5.74) is 6.77. The minimum absolute atomic E-state index is 0.377. The Hall–Kier alpha value is -0.910. The zero-order valence-corrected chi connectivity index (χ0v) is 11.5. The smallest absolute Gasteiger partial charge is 0.244 e. The third-order valence-corrected chi connectivity index (χ3v) is 5.51. The van der Waals surface area contributed by atoms with Crippen LogP contribution in [0.5, 0.6) is 0 Å². The summed E-state index contributed by atoms with van der Waals surface area (Å²) in [4.78, 5) is 0.377. The van der Waals surface area contributed by atoms with Crippen molar-refractivity contribution in [3.63, 3.8) is 0 Å². The number of hydrogen-bond acceptors (Lipinski definition) is 3. The second-order valence-electron chi connectivity index (χ2n) is 4.80. The quantitative estimate of drug-likeness (QED) is 0.890. The fourth-order valence-electron chi connectivity index (χ4n) is 2.38. The summed E-state index contributed by atoms with van der Waals surface area (Å²) in [5, 5.41) is 0. The summed E-state index contributed by atoms with van der Waals surface area (Å²) in [7, 11) is -3.46. The molecule has 0 aliphatic carbocycles. The maximum atomic E-state index is 12.6. The van der Waals surface area contributed by atoms with Gasteiger partial charge >= 0.3 is 0 Å². The predicted molar refractivity (Wildman–Crippen MR) is 71.5 cm³/mol. The van der Waals surface area contributed by atoms with E-state index in [4.69, 9.17) is 5.73 Å². The highest BCUT2D eigenvalue weighted by Gasteiger charge is 2.31. The fraction of sp³-hybridized carbons (Fsp3) is 0.538. The van der Waals surface area contributed by atoms with Gasteiger partial charge in [0.1, 0.15) is 0 Å². The lowest BCUT2D eigenvalue weighted by Crippen LogP contribution is -2.45. The largest absolute Gasteiger partial charge is 0.315 e. The van der Waals surface area contributed by atoms with Crippen LogP contribution in [0.3, 0.4) is 0 Å². The molecule has 1 aliphatic rings. The number of hydrogen-bond donors (Lipinski definition) is 1. The summed E-state index contributed by atoms with van der Waals surface area (Å²) in [6.45, 7) is 2.34. The van der Waals surface area contributed by atoms with Gasteiger partial charge in [0.05, 0.1) is 11.1 Å². The van der Waals surface area contributed by atoms with Crippen molar-refractivity contribution in [2.75, 3.05) is 6.54 Å². The molecule has 18 heavy (non-hydrogen) atoms. The normalized spacial score (nSPS) is 22.7. The van der Waals surface area contributed by atoms with E-state index in [1.807, 2.05) is 19.1 Å². The van der Waals surface area contributed by atoms with E-state index in [1.54, 1.807) is 12.1 Å². The lowest BCUT2D eigenvalue weighted by atomic mass is 10.2. The zero-order chi connectivity index (χ0) is 13.2. The van der Waals surface area contributed by atoms with Crippen molar-refractivity contribution in [1.29, 1.82) is 0 Å². The molecule has 1 aromatic carbocycles. The van der Waals surface area contributed by atoms with Crippen molar-refractivity contribution in [3.8, 4) is 0 Å². The summed E-state index contributed by atoms with van der Waals surface area (Å²) < 4.78 is 26.7. The average Bonchev–Trinajstić information content (AvgIpc) is 2.54. The monoisotopic (exact) mass is 268 g/mol. The van der Waals surface area contributed by atoms with E-state index in [9.17, 15) is 8.42 Å². The third-order valence-electron chi connectivity index (χ3n) is 3.43. The van der Waals surface area contributed by atoms with E-state index in [-0.39, 0.29) is 0 Å². The van der Waals surface area contributed by atoms with Gasteiger partial charge in [-0.3, -0.25) is 0 Å². The van der Waals surface area contributed by atoms with Crippen molar-refractivity contribution >= 4 is 10.0 Å². The predicted octanol–water partition coefficient (Wildman–Crippen LogP) is 1.84. The van der Waals surface area contributed by atoms with Gasteiger partial charge in [0, 0.05) is 6.54 Å². The molecule has 2 N–H and O–H groups in total. The topological polar surface area (TPSA) is 63.4 Å². The zero-order valence-electron chi connectivity index (χ0n) is 10.7. The number of rotatable bonds is 2. The lowest BCUT2D eigenvalue weighted by Gasteiger charge is -2.26. The van der Waals surface area contributed by atoms with Crippen LogP contribution in [0.1, 0.15) is 31.2 Å². The van der Waals surface area contributed by atoms with Crippen LogP contribution >= 0.6 is 0 Å². The maximum Gasteiger partial charge on any atom is 0.244 e. The third kappa shape index (κ3) is 2.58. The van der Waals surface area contributed by atoms with Crippen LogP contribution in [-0.4, -0.2) is 25.4 Å². The average molecular weight is 268 g/mol. The van der Waals surface area contributed by atoms with Crippen molar-refractivity contribution in [1.82, 2.24) is 4.31 Å². The van der Waals surface area contributed by atoms with Gasteiger partial charge in [-0.05, 0) is 31.4 Å². The van der Waals surface area contributed by atoms with E-state index in [1.165, 1.54) is 4.31 Å². The Balaban J connectivity index is 2.38. The molecule has 5 heteroatoms. The van der Waals surface area contributed by atoms with Gasteiger partial charge in [-0.1, -0.05) is 31.0 Å². The van der Waals surface area contributed by atoms with E-state index in [0.29, 0.717) is 11.4 Å². The number of benzene rings is 1. The molecule has 1 fully saturated rings. The second kappa shape index (κ2) is 5.38. The molecule has 1 atom stereocenters. The van der Waals surface area contributed by atoms with Gasteiger partial charge in [-0.15, -0.1) is 0 Å².